The van der Waals surface area contributed by atoms with Crippen LogP contribution in [0.25, 0.3) is 10.4 Å². The second-order valence-corrected chi connectivity index (χ2v) is 20.6. The van der Waals surface area contributed by atoms with Gasteiger partial charge in [0.05, 0.1) is 18.8 Å². The first-order valence-corrected chi connectivity index (χ1v) is 16.7. The molecule has 0 aromatic carbocycles. The lowest BCUT2D eigenvalue weighted by Crippen LogP contribution is -2.56. The first-order valence-electron chi connectivity index (χ1n) is 10.9. The highest BCUT2D eigenvalue weighted by Gasteiger charge is 2.42. The van der Waals surface area contributed by atoms with Crippen LogP contribution in [0, 0.1) is 0 Å². The number of nitrogens with one attached hydrogen (secondary N) is 1. The molecule has 0 unspecified atom stereocenters. The lowest BCUT2D eigenvalue weighted by Gasteiger charge is -2.42. The molecule has 0 amide bonds. The maximum absolute atomic E-state index is 10.1. The second-order valence-electron chi connectivity index (χ2n) is 11.0. The lowest BCUT2D eigenvalue weighted by atomic mass is 9.86. The van der Waals surface area contributed by atoms with Crippen molar-refractivity contribution in [2.45, 2.75) is 103 Å². The van der Waals surface area contributed by atoms with Crippen LogP contribution in [0.3, 0.4) is 0 Å². The molecule has 0 saturated carbocycles. The molecule has 2 atom stereocenters. The summed E-state index contributed by atoms with van der Waals surface area (Å²) >= 11 is 0. The predicted molar refractivity (Wildman–Crippen MR) is 134 cm³/mol. The molecule has 0 fully saturated rings. The smallest absolute Gasteiger partial charge is 0.373 e. The molecule has 0 bridgehead atoms. The monoisotopic (exact) mass is 456 g/mol. The van der Waals surface area contributed by atoms with Crippen molar-refractivity contribution in [2.75, 3.05) is 13.2 Å². The van der Waals surface area contributed by atoms with Crippen LogP contribution in [0.4, 0.5) is 0 Å². The summed E-state index contributed by atoms with van der Waals surface area (Å²) in [6.45, 7) is 24.8. The van der Waals surface area contributed by atoms with Gasteiger partial charge in [0, 0.05) is 11.5 Å². The highest BCUT2D eigenvalue weighted by molar-refractivity contribution is 6.74. The molecule has 0 aliphatic heterocycles. The van der Waals surface area contributed by atoms with E-state index in [1.54, 1.807) is 6.82 Å². The van der Waals surface area contributed by atoms with E-state index in [4.69, 9.17) is 14.4 Å². The maximum Gasteiger partial charge on any atom is 0.373 e. The van der Waals surface area contributed by atoms with E-state index in [0.29, 0.717) is 19.6 Å². The van der Waals surface area contributed by atoms with Crippen LogP contribution in [-0.2, 0) is 8.85 Å². The third-order valence-corrected chi connectivity index (χ3v) is 15.3. The zero-order valence-corrected chi connectivity index (χ0v) is 23.1. The van der Waals surface area contributed by atoms with E-state index < -0.39 is 23.7 Å². The van der Waals surface area contributed by atoms with Gasteiger partial charge in [-0.3, -0.25) is 0 Å². The molecular weight excluding hydrogens is 411 g/mol. The summed E-state index contributed by atoms with van der Waals surface area (Å²) in [7, 11) is -4.70. The summed E-state index contributed by atoms with van der Waals surface area (Å²) in [5, 5.41) is 17.1. The van der Waals surface area contributed by atoms with Crippen LogP contribution < -0.4 is 5.23 Å². The molecule has 7 nitrogen and oxygen atoms in total. The summed E-state index contributed by atoms with van der Waals surface area (Å²) in [5.41, 5.74) is 8.48. The molecule has 10 heteroatoms. The molecule has 0 aromatic heterocycles. The molecule has 0 radical (unpaired) electrons. The summed E-state index contributed by atoms with van der Waals surface area (Å²) in [6, 6.07) is -0.191. The van der Waals surface area contributed by atoms with Gasteiger partial charge >= 0.3 is 7.05 Å². The van der Waals surface area contributed by atoms with Crippen molar-refractivity contribution in [3.63, 3.8) is 0 Å². The standard InChI is InChI=1S/C20H45BN4O3Si2/c1-19(2,3)29(8,9)27-16-17(24-21(7)26)18(14-12-13-15-23-25-22)28-30(10,11)20(4,5)6/h12,14,17-18,24,26H,13,15-16H2,1-11H3/b14-12+/t17-,18+/m1/s1. The molecule has 0 aromatic rings. The number of hydrogen-bond donors (Lipinski definition) is 2. The van der Waals surface area contributed by atoms with Gasteiger partial charge in [-0.1, -0.05) is 58.8 Å². The molecule has 0 spiro atoms. The molecule has 0 heterocycles. The topological polar surface area (TPSA) is 99.5 Å². The maximum atomic E-state index is 10.1. The van der Waals surface area contributed by atoms with E-state index in [1.165, 1.54) is 0 Å². The van der Waals surface area contributed by atoms with Gasteiger partial charge in [0.15, 0.2) is 16.6 Å². The van der Waals surface area contributed by atoms with Gasteiger partial charge in [-0.2, -0.15) is 0 Å². The highest BCUT2D eigenvalue weighted by atomic mass is 28.4. The Hall–Kier alpha value is -0.611. The van der Waals surface area contributed by atoms with Crippen LogP contribution in [-0.4, -0.2) is 54.0 Å². The Balaban J connectivity index is 5.74. The van der Waals surface area contributed by atoms with E-state index in [-0.39, 0.29) is 22.2 Å². The van der Waals surface area contributed by atoms with Crippen molar-refractivity contribution in [3.8, 4) is 0 Å². The first kappa shape index (κ1) is 29.4. The Morgan fingerprint density at radius 3 is 2.07 bits per heavy atom. The van der Waals surface area contributed by atoms with E-state index in [9.17, 15) is 5.02 Å². The summed E-state index contributed by atoms with van der Waals surface area (Å²) in [6.07, 6.45) is 4.42. The normalized spacial score (nSPS) is 15.7. The molecule has 0 aliphatic carbocycles. The van der Waals surface area contributed by atoms with E-state index >= 15 is 0 Å². The van der Waals surface area contributed by atoms with Crippen LogP contribution in [0.5, 0.6) is 0 Å². The van der Waals surface area contributed by atoms with Gasteiger partial charge in [0.1, 0.15) is 0 Å². The summed E-state index contributed by atoms with van der Waals surface area (Å²) < 4.78 is 13.2. The van der Waals surface area contributed by atoms with Crippen molar-refractivity contribution < 1.29 is 13.9 Å². The number of hydrogen-bond acceptors (Lipinski definition) is 5. The number of azide groups is 1. The fraction of sp³-hybridized carbons (Fsp3) is 0.900. The fourth-order valence-electron chi connectivity index (χ4n) is 2.24. The van der Waals surface area contributed by atoms with Crippen molar-refractivity contribution >= 4 is 23.7 Å². The van der Waals surface area contributed by atoms with Gasteiger partial charge in [-0.05, 0) is 55.0 Å². The minimum atomic E-state index is -2.07. The van der Waals surface area contributed by atoms with Crippen LogP contribution in [0.2, 0.25) is 43.1 Å². The quantitative estimate of drug-likeness (QED) is 0.0979. The second kappa shape index (κ2) is 11.9. The van der Waals surface area contributed by atoms with Crippen molar-refractivity contribution in [2.24, 2.45) is 5.11 Å². The van der Waals surface area contributed by atoms with Crippen molar-refractivity contribution in [1.29, 1.82) is 0 Å². The van der Waals surface area contributed by atoms with Crippen molar-refractivity contribution in [3.05, 3.63) is 22.6 Å². The fourth-order valence-corrected chi connectivity index (χ4v) is 4.55. The molecule has 174 valence electrons. The summed E-state index contributed by atoms with van der Waals surface area (Å²) in [5.74, 6) is 0. The van der Waals surface area contributed by atoms with Crippen molar-refractivity contribution in [1.82, 2.24) is 5.23 Å². The largest absolute Gasteiger partial charge is 0.437 e. The Morgan fingerprint density at radius 2 is 1.63 bits per heavy atom. The average Bonchev–Trinajstić information content (AvgIpc) is 2.55. The van der Waals surface area contributed by atoms with Crippen LogP contribution in [0.15, 0.2) is 17.3 Å². The molecule has 0 aliphatic rings. The average molecular weight is 457 g/mol. The molecule has 30 heavy (non-hydrogen) atoms. The van der Waals surface area contributed by atoms with E-state index in [2.05, 4.69) is 83.0 Å². The third-order valence-electron chi connectivity index (χ3n) is 6.30. The van der Waals surface area contributed by atoms with Crippen LogP contribution in [0.1, 0.15) is 48.0 Å². The molecule has 0 saturated heterocycles. The lowest BCUT2D eigenvalue weighted by molar-refractivity contribution is 0.141. The Kier molecular flexibility index (Phi) is 11.6. The van der Waals surface area contributed by atoms with E-state index in [1.807, 2.05) is 12.2 Å². The third kappa shape index (κ3) is 10.1. The zero-order valence-electron chi connectivity index (χ0n) is 21.1. The number of rotatable bonds is 12. The van der Waals surface area contributed by atoms with Gasteiger partial charge in [0.25, 0.3) is 0 Å². The summed E-state index contributed by atoms with van der Waals surface area (Å²) in [4.78, 5) is 2.80. The molecular formula is C20H45BN4O3Si2. The van der Waals surface area contributed by atoms with Gasteiger partial charge in [-0.15, -0.1) is 0 Å². The Bertz CT molecular complexity index is 596. The minimum Gasteiger partial charge on any atom is -0.437 e. The molecule has 2 N–H and O–H groups in total. The molecule has 0 rings (SSSR count). The van der Waals surface area contributed by atoms with Gasteiger partial charge < -0.3 is 19.1 Å². The van der Waals surface area contributed by atoms with Gasteiger partial charge in [-0.25, -0.2) is 0 Å². The Morgan fingerprint density at radius 1 is 1.10 bits per heavy atom. The van der Waals surface area contributed by atoms with Gasteiger partial charge in [0.2, 0.25) is 0 Å². The predicted octanol–water partition coefficient (Wildman–Crippen LogP) is 5.72. The zero-order chi connectivity index (χ0) is 23.8. The Labute approximate surface area is 187 Å². The number of nitrogens with zero attached hydrogens (tertiary/aromatic N) is 3. The first-order chi connectivity index (χ1) is 13.4. The van der Waals surface area contributed by atoms with Crippen LogP contribution >= 0.6 is 0 Å². The highest BCUT2D eigenvalue weighted by Crippen LogP contribution is 2.39. The van der Waals surface area contributed by atoms with E-state index in [0.717, 1.165) is 0 Å². The minimum absolute atomic E-state index is 0.0554. The SMILES string of the molecule is CB(O)N[C@H](CO[Si](C)(C)C(C)(C)C)[C@H](/C=C/CCN=[N+]=[N-])O[Si](C)(C)C(C)(C)C.